The number of amides is 1. The van der Waals surface area contributed by atoms with E-state index in [1.54, 1.807) is 31.2 Å². The molecule has 0 fully saturated rings. The van der Waals surface area contributed by atoms with Crippen molar-refractivity contribution in [2.75, 3.05) is 30.4 Å². The monoisotopic (exact) mass is 477 g/mol. The number of nitrogens with zero attached hydrogens (tertiary/aromatic N) is 3. The molecule has 1 amide bonds. The second kappa shape index (κ2) is 11.3. The smallest absolute Gasteiger partial charge is 0.344 e. The summed E-state index contributed by atoms with van der Waals surface area (Å²) in [5, 5.41) is 8.80. The van der Waals surface area contributed by atoms with Crippen LogP contribution in [0.2, 0.25) is 0 Å². The minimum absolute atomic E-state index is 0.0367. The predicted octanol–water partition coefficient (Wildman–Crippen LogP) is 1.01. The summed E-state index contributed by atoms with van der Waals surface area (Å²) in [6.45, 7) is 0.604. The van der Waals surface area contributed by atoms with Gasteiger partial charge in [0.2, 0.25) is 0 Å². The van der Waals surface area contributed by atoms with Gasteiger partial charge in [-0.3, -0.25) is 19.1 Å². The number of esters is 1. The average molecular weight is 477 g/mol. The van der Waals surface area contributed by atoms with Gasteiger partial charge in [0.15, 0.2) is 18.9 Å². The van der Waals surface area contributed by atoms with Gasteiger partial charge in [0.25, 0.3) is 11.5 Å². The molecular weight excluding hydrogens is 454 g/mol. The lowest BCUT2D eigenvalue weighted by Gasteiger charge is -2.23. The summed E-state index contributed by atoms with van der Waals surface area (Å²) in [5.41, 5.74) is 5.59. The largest absolute Gasteiger partial charge is 0.482 e. The summed E-state index contributed by atoms with van der Waals surface area (Å²) in [5.74, 6) is -1.35. The highest BCUT2D eigenvalue weighted by molar-refractivity contribution is 5.97. The van der Waals surface area contributed by atoms with Crippen LogP contribution in [0.15, 0.2) is 64.2 Å². The molecule has 3 aromatic rings. The number of aromatic amines is 1. The molecule has 0 saturated carbocycles. The number of rotatable bonds is 9. The van der Waals surface area contributed by atoms with Crippen molar-refractivity contribution in [3.63, 3.8) is 0 Å². The molecule has 2 aromatic carbocycles. The number of H-pyrrole nitrogens is 1. The van der Waals surface area contributed by atoms with Crippen LogP contribution in [0.5, 0.6) is 5.75 Å². The number of aromatic nitrogens is 2. The molecule has 0 aliphatic carbocycles. The van der Waals surface area contributed by atoms with Gasteiger partial charge < -0.3 is 20.1 Å². The Morgan fingerprint density at radius 3 is 2.40 bits per heavy atom. The predicted molar refractivity (Wildman–Crippen MR) is 127 cm³/mol. The number of benzene rings is 2. The van der Waals surface area contributed by atoms with Gasteiger partial charge >= 0.3 is 11.7 Å². The van der Waals surface area contributed by atoms with Crippen molar-refractivity contribution >= 4 is 23.4 Å². The fourth-order valence-electron chi connectivity index (χ4n) is 3.25. The molecule has 0 radical (unpaired) electrons. The zero-order valence-corrected chi connectivity index (χ0v) is 18.9. The molecule has 0 spiro atoms. The van der Waals surface area contributed by atoms with E-state index in [0.717, 1.165) is 15.0 Å². The van der Waals surface area contributed by atoms with E-state index >= 15 is 0 Å². The maximum Gasteiger partial charge on any atom is 0.344 e. The molecule has 1 heterocycles. The van der Waals surface area contributed by atoms with Crippen molar-refractivity contribution in [1.82, 2.24) is 9.55 Å². The fraction of sp³-hybridized carbons (Fsp3) is 0.208. The van der Waals surface area contributed by atoms with E-state index in [0.29, 0.717) is 11.3 Å². The van der Waals surface area contributed by atoms with Crippen LogP contribution in [0.3, 0.4) is 0 Å². The Morgan fingerprint density at radius 2 is 1.77 bits per heavy atom. The maximum atomic E-state index is 12.8. The number of ether oxygens (including phenoxy) is 2. The molecule has 0 aliphatic heterocycles. The summed E-state index contributed by atoms with van der Waals surface area (Å²) in [4.78, 5) is 52.9. The van der Waals surface area contributed by atoms with Crippen molar-refractivity contribution < 1.29 is 19.1 Å². The first-order valence-electron chi connectivity index (χ1n) is 10.6. The Balaban J connectivity index is 1.69. The number of nitrogen functional groups attached to an aromatic ring is 1. The zero-order valence-electron chi connectivity index (χ0n) is 18.9. The molecule has 11 nitrogen and oxygen atoms in total. The Kier molecular flexibility index (Phi) is 8.02. The number of hydrogen-bond donors (Lipinski definition) is 2. The van der Waals surface area contributed by atoms with E-state index in [4.69, 9.17) is 20.5 Å². The summed E-state index contributed by atoms with van der Waals surface area (Å²) in [7, 11) is 0. The molecule has 0 atom stereocenters. The minimum atomic E-state index is -0.831. The first-order chi connectivity index (χ1) is 16.8. The van der Waals surface area contributed by atoms with E-state index in [-0.39, 0.29) is 24.6 Å². The van der Waals surface area contributed by atoms with Crippen molar-refractivity contribution in [3.05, 3.63) is 86.6 Å². The molecule has 0 bridgehead atoms. The first kappa shape index (κ1) is 24.8. The van der Waals surface area contributed by atoms with Gasteiger partial charge in [0, 0.05) is 6.54 Å². The highest BCUT2D eigenvalue weighted by atomic mass is 16.6. The third-order valence-electron chi connectivity index (χ3n) is 4.98. The van der Waals surface area contributed by atoms with E-state index in [2.05, 4.69) is 4.98 Å². The van der Waals surface area contributed by atoms with E-state index < -0.39 is 36.3 Å². The van der Waals surface area contributed by atoms with Gasteiger partial charge in [-0.25, -0.2) is 9.59 Å². The van der Waals surface area contributed by atoms with Gasteiger partial charge in [-0.2, -0.15) is 5.26 Å². The number of nitrogens with one attached hydrogen (secondary N) is 1. The fourth-order valence-corrected chi connectivity index (χ4v) is 3.25. The summed E-state index contributed by atoms with van der Waals surface area (Å²) in [6, 6.07) is 17.1. The molecule has 35 heavy (non-hydrogen) atoms. The van der Waals surface area contributed by atoms with Crippen molar-refractivity contribution in [1.29, 1.82) is 5.26 Å². The molecular formula is C24H23N5O6. The van der Waals surface area contributed by atoms with Crippen LogP contribution >= 0.6 is 0 Å². The zero-order chi connectivity index (χ0) is 25.4. The minimum Gasteiger partial charge on any atom is -0.482 e. The standard InChI is InChI=1S/C24H23N5O6/c1-2-28(19(30)14-35-20(31)15-34-18-10-8-16(12-25)9-11-18)21-22(26)29(24(33)27-23(21)32)13-17-6-4-3-5-7-17/h3-11H,2,13-15,26H2,1H3,(H,27,32,33). The lowest BCUT2D eigenvalue weighted by atomic mass is 10.2. The van der Waals surface area contributed by atoms with Gasteiger partial charge in [-0.1, -0.05) is 30.3 Å². The van der Waals surface area contributed by atoms with Gasteiger partial charge in [-0.15, -0.1) is 0 Å². The highest BCUT2D eigenvalue weighted by Gasteiger charge is 2.24. The average Bonchev–Trinajstić information content (AvgIpc) is 2.87. The molecule has 0 unspecified atom stereocenters. The first-order valence-corrected chi connectivity index (χ1v) is 10.6. The third kappa shape index (κ3) is 6.14. The summed E-state index contributed by atoms with van der Waals surface area (Å²) < 4.78 is 11.4. The lowest BCUT2D eigenvalue weighted by molar-refractivity contribution is -0.149. The molecule has 0 saturated heterocycles. The Labute approximate surface area is 199 Å². The molecule has 3 rings (SSSR count). The SMILES string of the molecule is CCN(C(=O)COC(=O)COc1ccc(C#N)cc1)c1c(N)n(Cc2ccccc2)c(=O)[nH]c1=O. The molecule has 180 valence electrons. The van der Waals surface area contributed by atoms with Crippen molar-refractivity contribution in [2.45, 2.75) is 13.5 Å². The topological polar surface area (TPSA) is 161 Å². The van der Waals surface area contributed by atoms with Crippen molar-refractivity contribution in [2.24, 2.45) is 0 Å². The van der Waals surface area contributed by atoms with Crippen LogP contribution in [0.4, 0.5) is 11.5 Å². The molecule has 1 aromatic heterocycles. The highest BCUT2D eigenvalue weighted by Crippen LogP contribution is 2.18. The van der Waals surface area contributed by atoms with E-state index in [9.17, 15) is 19.2 Å². The van der Waals surface area contributed by atoms with E-state index in [1.807, 2.05) is 12.1 Å². The normalized spacial score (nSPS) is 10.3. The molecule has 11 heteroatoms. The van der Waals surface area contributed by atoms with Crippen LogP contribution in [0.1, 0.15) is 18.1 Å². The van der Waals surface area contributed by atoms with Gasteiger partial charge in [0.05, 0.1) is 18.2 Å². The maximum absolute atomic E-state index is 12.8. The number of anilines is 2. The van der Waals surface area contributed by atoms with Gasteiger partial charge in [-0.05, 0) is 36.8 Å². The van der Waals surface area contributed by atoms with Crippen LogP contribution < -0.4 is 26.6 Å². The Bertz CT molecular complexity index is 1360. The van der Waals surface area contributed by atoms with Gasteiger partial charge in [0.1, 0.15) is 11.6 Å². The second-order valence-electron chi connectivity index (χ2n) is 7.29. The number of nitriles is 1. The molecule has 0 aliphatic rings. The number of likely N-dealkylation sites (N-methyl/N-ethyl adjacent to an activating group) is 1. The summed E-state index contributed by atoms with van der Waals surface area (Å²) >= 11 is 0. The van der Waals surface area contributed by atoms with Crippen molar-refractivity contribution in [3.8, 4) is 11.8 Å². The quantitative estimate of drug-likeness (QED) is 0.432. The third-order valence-corrected chi connectivity index (χ3v) is 4.98. The van der Waals surface area contributed by atoms with Crippen LogP contribution in [0.25, 0.3) is 0 Å². The Hall–Kier alpha value is -4.85. The Morgan fingerprint density at radius 1 is 1.09 bits per heavy atom. The number of carbonyl (C=O) groups is 2. The number of hydrogen-bond acceptors (Lipinski definition) is 8. The lowest BCUT2D eigenvalue weighted by Crippen LogP contribution is -2.42. The number of nitrogens with two attached hydrogens (primary N) is 1. The number of carbonyl (C=O) groups excluding carboxylic acids is 2. The van der Waals surface area contributed by atoms with Crippen LogP contribution in [0, 0.1) is 11.3 Å². The van der Waals surface area contributed by atoms with Crippen LogP contribution in [-0.4, -0.2) is 41.2 Å². The van der Waals surface area contributed by atoms with E-state index in [1.165, 1.54) is 24.3 Å². The van der Waals surface area contributed by atoms with Crippen LogP contribution in [-0.2, 0) is 20.9 Å². The summed E-state index contributed by atoms with van der Waals surface area (Å²) in [6.07, 6.45) is 0. The molecule has 3 N–H and O–H groups in total. The second-order valence-corrected chi connectivity index (χ2v) is 7.29.